The van der Waals surface area contributed by atoms with Crippen molar-refractivity contribution in [1.82, 2.24) is 0 Å². The van der Waals surface area contributed by atoms with E-state index < -0.39 is 0 Å². The minimum absolute atomic E-state index is 0.0476. The van der Waals surface area contributed by atoms with E-state index in [0.717, 1.165) is 17.5 Å². The van der Waals surface area contributed by atoms with E-state index in [0.29, 0.717) is 10.0 Å². The summed E-state index contributed by atoms with van der Waals surface area (Å²) in [6.45, 7) is 2.12. The van der Waals surface area contributed by atoms with E-state index in [2.05, 4.69) is 6.92 Å². The zero-order valence-corrected chi connectivity index (χ0v) is 12.9. The average molecular weight is 314 g/mol. The van der Waals surface area contributed by atoms with Gasteiger partial charge in [0.25, 0.3) is 0 Å². The maximum Gasteiger partial charge on any atom is 0.0613 e. The predicted molar refractivity (Wildman–Crippen MR) is 84.4 cm³/mol. The van der Waals surface area contributed by atoms with Gasteiger partial charge in [-0.25, -0.2) is 0 Å². The molecule has 0 N–H and O–H groups in total. The summed E-state index contributed by atoms with van der Waals surface area (Å²) in [4.78, 5) is 0. The van der Waals surface area contributed by atoms with Crippen LogP contribution in [-0.2, 0) is 6.42 Å². The highest BCUT2D eigenvalue weighted by Crippen LogP contribution is 2.34. The summed E-state index contributed by atoms with van der Waals surface area (Å²) in [5, 5.41) is 1.36. The van der Waals surface area contributed by atoms with Crippen molar-refractivity contribution in [3.05, 3.63) is 69.7 Å². The van der Waals surface area contributed by atoms with Gasteiger partial charge in [-0.05, 0) is 35.6 Å². The number of benzene rings is 2. The van der Waals surface area contributed by atoms with Gasteiger partial charge in [0.2, 0.25) is 0 Å². The number of hydrogen-bond acceptors (Lipinski definition) is 0. The second-order valence-electron chi connectivity index (χ2n) is 4.69. The van der Waals surface area contributed by atoms with Crippen molar-refractivity contribution in [3.63, 3.8) is 0 Å². The Labute approximate surface area is 129 Å². The molecule has 0 saturated heterocycles. The Morgan fingerprint density at radius 1 is 0.895 bits per heavy atom. The quantitative estimate of drug-likeness (QED) is 0.594. The summed E-state index contributed by atoms with van der Waals surface area (Å²) in [6.07, 6.45) is 0.765. The Kier molecular flexibility index (Phi) is 5.15. The van der Waals surface area contributed by atoms with Crippen molar-refractivity contribution in [2.24, 2.45) is 5.92 Å². The van der Waals surface area contributed by atoms with Gasteiger partial charge in [-0.3, -0.25) is 0 Å². The van der Waals surface area contributed by atoms with Gasteiger partial charge in [0, 0.05) is 10.0 Å². The van der Waals surface area contributed by atoms with Crippen LogP contribution in [0.4, 0.5) is 0 Å². The van der Waals surface area contributed by atoms with E-state index in [-0.39, 0.29) is 11.3 Å². The second-order valence-corrected chi connectivity index (χ2v) is 5.98. The lowest BCUT2D eigenvalue weighted by atomic mass is 9.93. The van der Waals surface area contributed by atoms with Gasteiger partial charge < -0.3 is 0 Å². The van der Waals surface area contributed by atoms with Crippen LogP contribution < -0.4 is 0 Å². The standard InChI is InChI=1S/C16H15Cl3/c1-11(16(19)12-6-3-2-4-7-12)10-13-14(17)8-5-9-15(13)18/h2-9,11,16H,10H2,1H3. The number of halogens is 3. The Morgan fingerprint density at radius 3 is 2.05 bits per heavy atom. The third-order valence-electron chi connectivity index (χ3n) is 3.21. The Hall–Kier alpha value is -0.690. The van der Waals surface area contributed by atoms with Crippen LogP contribution in [0.15, 0.2) is 48.5 Å². The topological polar surface area (TPSA) is 0 Å². The summed E-state index contributed by atoms with van der Waals surface area (Å²) < 4.78 is 0. The molecule has 0 radical (unpaired) electrons. The molecule has 2 atom stereocenters. The van der Waals surface area contributed by atoms with Gasteiger partial charge in [-0.1, -0.05) is 66.5 Å². The fourth-order valence-corrected chi connectivity index (χ4v) is 2.90. The minimum atomic E-state index is -0.0476. The molecule has 0 aliphatic carbocycles. The molecule has 2 aromatic rings. The molecule has 3 heteroatoms. The monoisotopic (exact) mass is 312 g/mol. The first kappa shape index (κ1) is 14.7. The first-order valence-corrected chi connectivity index (χ1v) is 7.40. The summed E-state index contributed by atoms with van der Waals surface area (Å²) in [5.41, 5.74) is 2.10. The zero-order valence-electron chi connectivity index (χ0n) is 10.6. The molecule has 0 spiro atoms. The molecule has 2 aromatic carbocycles. The van der Waals surface area contributed by atoms with Gasteiger partial charge in [-0.15, -0.1) is 11.6 Å². The van der Waals surface area contributed by atoms with E-state index in [1.54, 1.807) is 0 Å². The summed E-state index contributed by atoms with van der Waals surface area (Å²) >= 11 is 18.9. The summed E-state index contributed by atoms with van der Waals surface area (Å²) in [7, 11) is 0. The minimum Gasteiger partial charge on any atom is -0.118 e. The van der Waals surface area contributed by atoms with Gasteiger partial charge in [0.05, 0.1) is 5.38 Å². The molecule has 0 aliphatic rings. The Balaban J connectivity index is 2.15. The highest BCUT2D eigenvalue weighted by Gasteiger charge is 2.19. The molecule has 0 fully saturated rings. The van der Waals surface area contributed by atoms with Crippen molar-refractivity contribution >= 4 is 34.8 Å². The molecule has 0 aromatic heterocycles. The van der Waals surface area contributed by atoms with Crippen molar-refractivity contribution in [3.8, 4) is 0 Å². The highest BCUT2D eigenvalue weighted by atomic mass is 35.5. The fourth-order valence-electron chi connectivity index (χ4n) is 2.12. The Morgan fingerprint density at radius 2 is 1.47 bits per heavy atom. The molecule has 0 bridgehead atoms. The molecule has 0 saturated carbocycles. The fraction of sp³-hybridized carbons (Fsp3) is 0.250. The largest absolute Gasteiger partial charge is 0.118 e. The SMILES string of the molecule is CC(Cc1c(Cl)cccc1Cl)C(Cl)c1ccccc1. The maximum absolute atomic E-state index is 6.53. The number of hydrogen-bond donors (Lipinski definition) is 0. The highest BCUT2D eigenvalue weighted by molar-refractivity contribution is 6.36. The zero-order chi connectivity index (χ0) is 13.8. The van der Waals surface area contributed by atoms with Crippen molar-refractivity contribution < 1.29 is 0 Å². The summed E-state index contributed by atoms with van der Waals surface area (Å²) in [5.74, 6) is 0.251. The third-order valence-corrected chi connectivity index (χ3v) is 4.60. The molecule has 0 aliphatic heterocycles. The first-order valence-electron chi connectivity index (χ1n) is 6.21. The second kappa shape index (κ2) is 6.65. The summed E-state index contributed by atoms with van der Waals surface area (Å²) in [6, 6.07) is 15.7. The molecule has 0 amide bonds. The van der Waals surface area contributed by atoms with Crippen LogP contribution in [0.25, 0.3) is 0 Å². The average Bonchev–Trinajstić information content (AvgIpc) is 2.43. The van der Waals surface area contributed by atoms with Crippen molar-refractivity contribution in [2.45, 2.75) is 18.7 Å². The Bertz CT molecular complexity index is 517. The van der Waals surface area contributed by atoms with Crippen molar-refractivity contribution in [2.75, 3.05) is 0 Å². The van der Waals surface area contributed by atoms with Gasteiger partial charge in [0.15, 0.2) is 0 Å². The van der Waals surface area contributed by atoms with Crippen LogP contribution in [0.5, 0.6) is 0 Å². The molecular formula is C16H15Cl3. The molecular weight excluding hydrogens is 299 g/mol. The van der Waals surface area contributed by atoms with Crippen LogP contribution >= 0.6 is 34.8 Å². The lowest BCUT2D eigenvalue weighted by Gasteiger charge is -2.19. The molecule has 0 nitrogen and oxygen atoms in total. The lowest BCUT2D eigenvalue weighted by Crippen LogP contribution is -2.08. The molecule has 2 unspecified atom stereocenters. The van der Waals surface area contributed by atoms with Crippen LogP contribution in [-0.4, -0.2) is 0 Å². The van der Waals surface area contributed by atoms with Crippen LogP contribution in [0.2, 0.25) is 10.0 Å². The predicted octanol–water partition coefficient (Wildman–Crippen LogP) is 6.15. The number of alkyl halides is 1. The number of rotatable bonds is 4. The van der Waals surface area contributed by atoms with Crippen LogP contribution in [0.3, 0.4) is 0 Å². The van der Waals surface area contributed by atoms with Gasteiger partial charge in [-0.2, -0.15) is 0 Å². The van der Waals surface area contributed by atoms with E-state index in [1.165, 1.54) is 0 Å². The van der Waals surface area contributed by atoms with E-state index in [4.69, 9.17) is 34.8 Å². The van der Waals surface area contributed by atoms with Gasteiger partial charge >= 0.3 is 0 Å². The smallest absolute Gasteiger partial charge is 0.0613 e. The molecule has 0 heterocycles. The van der Waals surface area contributed by atoms with E-state index in [1.807, 2.05) is 48.5 Å². The molecule has 19 heavy (non-hydrogen) atoms. The molecule has 100 valence electrons. The molecule has 2 rings (SSSR count). The maximum atomic E-state index is 6.53. The van der Waals surface area contributed by atoms with Crippen LogP contribution in [0, 0.1) is 5.92 Å². The van der Waals surface area contributed by atoms with E-state index in [9.17, 15) is 0 Å². The van der Waals surface area contributed by atoms with Crippen molar-refractivity contribution in [1.29, 1.82) is 0 Å². The van der Waals surface area contributed by atoms with E-state index >= 15 is 0 Å². The lowest BCUT2D eigenvalue weighted by molar-refractivity contribution is 0.558. The first-order chi connectivity index (χ1) is 9.09. The van der Waals surface area contributed by atoms with Crippen LogP contribution in [0.1, 0.15) is 23.4 Å². The normalized spacial score (nSPS) is 14.1. The van der Waals surface area contributed by atoms with Gasteiger partial charge in [0.1, 0.15) is 0 Å². The third kappa shape index (κ3) is 3.66.